The number of hydrogen-bond donors (Lipinski definition) is 2. The quantitative estimate of drug-likeness (QED) is 0.662. The van der Waals surface area contributed by atoms with E-state index in [2.05, 4.69) is 39.5 Å². The summed E-state index contributed by atoms with van der Waals surface area (Å²) < 4.78 is 5.76. The molecule has 1 aromatic heterocycles. The van der Waals surface area contributed by atoms with Crippen LogP contribution in [0.5, 0.6) is 0 Å². The van der Waals surface area contributed by atoms with Gasteiger partial charge in [-0.1, -0.05) is 6.92 Å². The lowest BCUT2D eigenvalue weighted by Gasteiger charge is -2.36. The predicted octanol–water partition coefficient (Wildman–Crippen LogP) is 5.44. The number of carbonyl (C=O) groups is 1. The van der Waals surface area contributed by atoms with E-state index in [4.69, 9.17) is 9.27 Å². The molecule has 2 fully saturated rings. The molecule has 1 aromatic rings. The van der Waals surface area contributed by atoms with Gasteiger partial charge in [0.25, 0.3) is 0 Å². The van der Waals surface area contributed by atoms with Crippen LogP contribution in [0, 0.1) is 0 Å². The van der Waals surface area contributed by atoms with E-state index in [-0.39, 0.29) is 15.4 Å². The van der Waals surface area contributed by atoms with Crippen LogP contribution in [0.15, 0.2) is 12.1 Å². The predicted molar refractivity (Wildman–Crippen MR) is 111 cm³/mol. The molecule has 0 aromatic carbocycles. The first-order valence-electron chi connectivity index (χ1n) is 9.54. The SMILES string of the molecule is CC(c1cc(N(C(=O)O)C(C)(C)C)cc(C2(C)CC2)n1)S1(C(C)(C)C)NO1. The maximum Gasteiger partial charge on any atom is 0.412 e. The molecule has 2 aliphatic rings. The summed E-state index contributed by atoms with van der Waals surface area (Å²) in [6, 6.07) is 3.89. The summed E-state index contributed by atoms with van der Waals surface area (Å²) in [4.78, 5) is 21.7. The molecule has 1 aliphatic heterocycles. The molecule has 1 amide bonds. The van der Waals surface area contributed by atoms with E-state index < -0.39 is 22.1 Å². The van der Waals surface area contributed by atoms with Gasteiger partial charge in [0, 0.05) is 21.4 Å². The number of carboxylic acid groups (broad SMARTS) is 1. The molecular weight excluding hydrogens is 362 g/mol. The highest BCUT2D eigenvalue weighted by atomic mass is 32.3. The van der Waals surface area contributed by atoms with Gasteiger partial charge in [-0.25, -0.2) is 9.08 Å². The molecule has 1 saturated heterocycles. The number of rotatable bonds is 4. The smallest absolute Gasteiger partial charge is 0.412 e. The number of nitrogens with one attached hydrogen (secondary N) is 1. The Morgan fingerprint density at radius 3 is 2.22 bits per heavy atom. The van der Waals surface area contributed by atoms with Crippen molar-refractivity contribution in [3.63, 3.8) is 0 Å². The van der Waals surface area contributed by atoms with Gasteiger partial charge in [0.15, 0.2) is 0 Å². The van der Waals surface area contributed by atoms with Crippen LogP contribution < -0.4 is 9.79 Å². The van der Waals surface area contributed by atoms with Crippen molar-refractivity contribution in [2.24, 2.45) is 0 Å². The van der Waals surface area contributed by atoms with Gasteiger partial charge in [0.05, 0.1) is 16.6 Å². The highest BCUT2D eigenvalue weighted by Gasteiger charge is 2.55. The number of pyridine rings is 1. The summed E-state index contributed by atoms with van der Waals surface area (Å²) in [5.74, 6) is 0. The first kappa shape index (κ1) is 20.4. The zero-order chi connectivity index (χ0) is 20.4. The Morgan fingerprint density at radius 2 is 1.85 bits per heavy atom. The highest BCUT2D eigenvalue weighted by Crippen LogP contribution is 2.74. The largest absolute Gasteiger partial charge is 0.465 e. The monoisotopic (exact) mass is 395 g/mol. The Kier molecular flexibility index (Phi) is 4.61. The molecule has 2 N–H and O–H groups in total. The fourth-order valence-electron chi connectivity index (χ4n) is 3.54. The molecule has 6 nitrogen and oxygen atoms in total. The van der Waals surface area contributed by atoms with Gasteiger partial charge >= 0.3 is 6.09 Å². The van der Waals surface area contributed by atoms with Gasteiger partial charge in [-0.05, 0) is 83.9 Å². The molecule has 0 radical (unpaired) electrons. The van der Waals surface area contributed by atoms with Crippen LogP contribution in [0.1, 0.15) is 84.9 Å². The van der Waals surface area contributed by atoms with E-state index in [9.17, 15) is 9.90 Å². The lowest BCUT2D eigenvalue weighted by molar-refractivity contribution is 0.195. The normalized spacial score (nSPS) is 27.4. The van der Waals surface area contributed by atoms with E-state index in [0.717, 1.165) is 24.2 Å². The third-order valence-electron chi connectivity index (χ3n) is 5.66. The van der Waals surface area contributed by atoms with Crippen molar-refractivity contribution < 1.29 is 14.2 Å². The molecule has 27 heavy (non-hydrogen) atoms. The second-order valence-corrected chi connectivity index (χ2v) is 13.5. The Bertz CT molecular complexity index is 759. The summed E-state index contributed by atoms with van der Waals surface area (Å²) in [6.45, 7) is 16.6. The summed E-state index contributed by atoms with van der Waals surface area (Å²) in [7, 11) is -1.50. The third kappa shape index (κ3) is 3.57. The summed E-state index contributed by atoms with van der Waals surface area (Å²) >= 11 is 0. The number of nitrogens with zero attached hydrogens (tertiary/aromatic N) is 2. The maximum atomic E-state index is 12.0. The van der Waals surface area contributed by atoms with Crippen molar-refractivity contribution >= 4 is 22.3 Å². The van der Waals surface area contributed by atoms with E-state index >= 15 is 0 Å². The van der Waals surface area contributed by atoms with Crippen LogP contribution >= 0.6 is 10.5 Å². The van der Waals surface area contributed by atoms with E-state index in [1.807, 2.05) is 32.9 Å². The average Bonchev–Trinajstić information content (AvgIpc) is 3.38. The Morgan fingerprint density at radius 1 is 1.30 bits per heavy atom. The number of anilines is 1. The van der Waals surface area contributed by atoms with Crippen LogP contribution in [0.4, 0.5) is 10.5 Å². The lowest BCUT2D eigenvalue weighted by Crippen LogP contribution is -2.45. The standard InChI is InChI=1S/C20H33N3O3S/c1-13(27(22-26-27)19(5,6)7)15-11-14(23(17(24)25)18(2,3)4)12-16(21-15)20(8)9-10-20/h11-13,22H,9-10H2,1-8H3,(H,24,25). The second-order valence-electron chi connectivity index (χ2n) is 10.0. The topological polar surface area (TPSA) is 87.9 Å². The molecule has 1 aliphatic carbocycles. The molecule has 0 bridgehead atoms. The van der Waals surface area contributed by atoms with Gasteiger partial charge < -0.3 is 5.11 Å². The van der Waals surface area contributed by atoms with Crippen molar-refractivity contribution in [3.8, 4) is 0 Å². The highest BCUT2D eigenvalue weighted by molar-refractivity contribution is 8.33. The van der Waals surface area contributed by atoms with E-state index in [1.54, 1.807) is 0 Å². The molecule has 7 heteroatoms. The van der Waals surface area contributed by atoms with Gasteiger partial charge in [0.1, 0.15) is 0 Å². The van der Waals surface area contributed by atoms with Gasteiger partial charge in [0.2, 0.25) is 0 Å². The molecular formula is C20H33N3O3S. The summed E-state index contributed by atoms with van der Waals surface area (Å²) in [5, 5.41) is 9.94. The van der Waals surface area contributed by atoms with Crippen molar-refractivity contribution in [2.75, 3.05) is 4.90 Å². The Labute approximate surface area is 164 Å². The number of hydrogen-bond acceptors (Lipinski definition) is 4. The molecule has 2 atom stereocenters. The zero-order valence-corrected chi connectivity index (χ0v) is 18.5. The minimum absolute atomic E-state index is 0.0374. The van der Waals surface area contributed by atoms with Gasteiger partial charge in [-0.3, -0.25) is 9.88 Å². The van der Waals surface area contributed by atoms with Crippen LogP contribution in [-0.2, 0) is 9.70 Å². The zero-order valence-electron chi connectivity index (χ0n) is 17.7. The van der Waals surface area contributed by atoms with Crippen LogP contribution in [0.3, 0.4) is 0 Å². The molecule has 3 rings (SSSR count). The van der Waals surface area contributed by atoms with Crippen molar-refractivity contribution in [1.82, 2.24) is 9.87 Å². The molecule has 2 heterocycles. The van der Waals surface area contributed by atoms with Crippen LogP contribution in [-0.4, -0.2) is 26.5 Å². The average molecular weight is 396 g/mol. The van der Waals surface area contributed by atoms with Gasteiger partial charge in [-0.2, -0.15) is 0 Å². The second kappa shape index (κ2) is 6.09. The maximum absolute atomic E-state index is 12.0. The fourth-order valence-corrected chi connectivity index (χ4v) is 6.15. The minimum atomic E-state index is -1.50. The first-order valence-corrected chi connectivity index (χ1v) is 11.2. The van der Waals surface area contributed by atoms with E-state index in [1.165, 1.54) is 4.90 Å². The van der Waals surface area contributed by atoms with Crippen LogP contribution in [0.2, 0.25) is 0 Å². The molecule has 0 spiro atoms. The van der Waals surface area contributed by atoms with E-state index in [0.29, 0.717) is 5.69 Å². The van der Waals surface area contributed by atoms with Crippen LogP contribution in [0.25, 0.3) is 0 Å². The minimum Gasteiger partial charge on any atom is -0.465 e. The fraction of sp³-hybridized carbons (Fsp3) is 0.700. The van der Waals surface area contributed by atoms with Gasteiger partial charge in [-0.15, -0.1) is 4.89 Å². The Balaban J connectivity index is 2.11. The number of aromatic nitrogens is 1. The molecule has 1 saturated carbocycles. The van der Waals surface area contributed by atoms with Crippen molar-refractivity contribution in [1.29, 1.82) is 0 Å². The summed E-state index contributed by atoms with van der Waals surface area (Å²) in [5.41, 5.74) is 2.09. The third-order valence-corrected chi connectivity index (χ3v) is 9.24. The molecule has 152 valence electrons. The number of amides is 1. The van der Waals surface area contributed by atoms with Crippen molar-refractivity contribution in [3.05, 3.63) is 23.5 Å². The van der Waals surface area contributed by atoms with Crippen molar-refractivity contribution in [2.45, 2.75) is 89.2 Å². The summed E-state index contributed by atoms with van der Waals surface area (Å²) in [6.07, 6.45) is 1.23. The first-order chi connectivity index (χ1) is 12.2. The Hall–Kier alpha value is -1.31. The molecule has 2 unspecified atom stereocenters. The lowest BCUT2D eigenvalue weighted by atomic mass is 10.0.